The number of carbonyl (C=O) groups is 2. The molecule has 3 rings (SSSR count). The Hall–Kier alpha value is -2.35. The van der Waals surface area contributed by atoms with Gasteiger partial charge in [0.1, 0.15) is 0 Å². The summed E-state index contributed by atoms with van der Waals surface area (Å²) in [5, 5.41) is 6.71. The number of furan rings is 1. The first-order chi connectivity index (χ1) is 12.5. The Morgan fingerprint density at radius 2 is 2.08 bits per heavy atom. The van der Waals surface area contributed by atoms with E-state index in [-0.39, 0.29) is 18.2 Å². The third-order valence-corrected chi connectivity index (χ3v) is 4.83. The smallest absolute Gasteiger partial charge is 0.287 e. The van der Waals surface area contributed by atoms with E-state index in [9.17, 15) is 9.59 Å². The predicted molar refractivity (Wildman–Crippen MR) is 101 cm³/mol. The van der Waals surface area contributed by atoms with E-state index in [1.54, 1.807) is 24.4 Å². The highest BCUT2D eigenvalue weighted by atomic mass is 35.5. The van der Waals surface area contributed by atoms with E-state index in [4.69, 9.17) is 27.6 Å². The third-order valence-electron chi connectivity index (χ3n) is 3.33. The van der Waals surface area contributed by atoms with Crippen molar-refractivity contribution in [3.63, 3.8) is 0 Å². The summed E-state index contributed by atoms with van der Waals surface area (Å²) in [7, 11) is 0. The number of benzene rings is 1. The van der Waals surface area contributed by atoms with Crippen molar-refractivity contribution in [2.75, 3.05) is 11.9 Å². The van der Waals surface area contributed by atoms with Crippen LogP contribution in [0.2, 0.25) is 10.0 Å². The minimum atomic E-state index is -0.456. The lowest BCUT2D eigenvalue weighted by molar-refractivity contribution is -0.115. The van der Waals surface area contributed by atoms with Crippen LogP contribution in [0.1, 0.15) is 21.0 Å². The number of hydrogen-bond acceptors (Lipinski definition) is 5. The lowest BCUT2D eigenvalue weighted by Gasteiger charge is -2.03. The van der Waals surface area contributed by atoms with Crippen LogP contribution in [0.5, 0.6) is 0 Å². The number of hydrogen-bond donors (Lipinski definition) is 2. The number of rotatable bonds is 6. The molecule has 2 aromatic heterocycles. The summed E-state index contributed by atoms with van der Waals surface area (Å²) >= 11 is 13.4. The molecule has 134 valence electrons. The van der Waals surface area contributed by atoms with Gasteiger partial charge in [0.05, 0.1) is 12.8 Å². The van der Waals surface area contributed by atoms with E-state index >= 15 is 0 Å². The van der Waals surface area contributed by atoms with E-state index < -0.39 is 5.91 Å². The van der Waals surface area contributed by atoms with Gasteiger partial charge in [-0.15, -0.1) is 11.3 Å². The van der Waals surface area contributed by atoms with Crippen LogP contribution >= 0.6 is 34.5 Å². The van der Waals surface area contributed by atoms with E-state index in [1.165, 1.54) is 23.7 Å². The Balaban J connectivity index is 1.53. The van der Waals surface area contributed by atoms with Crippen molar-refractivity contribution in [3.8, 4) is 0 Å². The average Bonchev–Trinajstić information content (AvgIpc) is 3.27. The molecule has 9 heteroatoms. The molecule has 0 bridgehead atoms. The average molecular weight is 410 g/mol. The second kappa shape index (κ2) is 8.35. The maximum absolute atomic E-state index is 11.9. The monoisotopic (exact) mass is 409 g/mol. The van der Waals surface area contributed by atoms with Gasteiger partial charge < -0.3 is 15.1 Å². The molecule has 1 aromatic carbocycles. The number of aromatic nitrogens is 1. The molecule has 0 saturated heterocycles. The van der Waals surface area contributed by atoms with Crippen LogP contribution in [0.15, 0.2) is 47.2 Å². The van der Waals surface area contributed by atoms with Crippen molar-refractivity contribution in [2.24, 2.45) is 0 Å². The molecular formula is C17H13Cl2N3O3S. The van der Waals surface area contributed by atoms with E-state index in [0.717, 1.165) is 10.4 Å². The molecule has 0 spiro atoms. The molecule has 0 unspecified atom stereocenters. The van der Waals surface area contributed by atoms with Gasteiger partial charge in [-0.3, -0.25) is 9.59 Å². The fraction of sp³-hybridized carbons (Fsp3) is 0.118. The normalized spacial score (nSPS) is 10.5. The van der Waals surface area contributed by atoms with Crippen molar-refractivity contribution < 1.29 is 14.0 Å². The van der Waals surface area contributed by atoms with Crippen LogP contribution in [0.25, 0.3) is 0 Å². The zero-order valence-electron chi connectivity index (χ0n) is 13.3. The number of nitrogens with zero attached hydrogens (tertiary/aromatic N) is 1. The minimum absolute atomic E-state index is 0.147. The Morgan fingerprint density at radius 1 is 1.23 bits per heavy atom. The van der Waals surface area contributed by atoms with Crippen molar-refractivity contribution in [2.45, 2.75) is 6.42 Å². The van der Waals surface area contributed by atoms with Crippen molar-refractivity contribution >= 4 is 51.5 Å². The molecule has 0 aliphatic carbocycles. The molecule has 0 aliphatic heterocycles. The molecule has 0 saturated carbocycles. The molecule has 3 aromatic rings. The molecule has 2 amide bonds. The number of anilines is 1. The molecule has 0 atom stereocenters. The topological polar surface area (TPSA) is 84.2 Å². The molecule has 26 heavy (non-hydrogen) atoms. The number of amides is 2. The Bertz CT molecular complexity index is 925. The second-order valence-corrected chi connectivity index (χ2v) is 7.21. The van der Waals surface area contributed by atoms with Gasteiger partial charge in [-0.2, -0.15) is 0 Å². The summed E-state index contributed by atoms with van der Waals surface area (Å²) in [5.74, 6) is -0.688. The molecule has 2 N–H and O–H groups in total. The van der Waals surface area contributed by atoms with Gasteiger partial charge in [-0.25, -0.2) is 4.98 Å². The molecule has 0 aliphatic rings. The highest BCUT2D eigenvalue weighted by Crippen LogP contribution is 2.26. The van der Waals surface area contributed by atoms with E-state index in [0.29, 0.717) is 21.6 Å². The summed E-state index contributed by atoms with van der Waals surface area (Å²) in [6, 6.07) is 8.42. The van der Waals surface area contributed by atoms with Gasteiger partial charge in [-0.05, 0) is 29.8 Å². The first-order valence-corrected chi connectivity index (χ1v) is 9.08. The zero-order valence-corrected chi connectivity index (χ0v) is 15.6. The zero-order chi connectivity index (χ0) is 18.5. The van der Waals surface area contributed by atoms with Crippen molar-refractivity contribution in [1.82, 2.24) is 10.3 Å². The Labute approximate surface area is 163 Å². The van der Waals surface area contributed by atoms with Crippen LogP contribution in [0.3, 0.4) is 0 Å². The first kappa shape index (κ1) is 18.4. The minimum Gasteiger partial charge on any atom is -0.459 e. The summed E-state index contributed by atoms with van der Waals surface area (Å²) < 4.78 is 4.95. The summed E-state index contributed by atoms with van der Waals surface area (Å²) in [6.07, 6.45) is 3.64. The van der Waals surface area contributed by atoms with Crippen LogP contribution < -0.4 is 10.6 Å². The van der Waals surface area contributed by atoms with Crippen LogP contribution in [-0.2, 0) is 11.2 Å². The van der Waals surface area contributed by atoms with Gasteiger partial charge in [0, 0.05) is 27.5 Å². The lowest BCUT2D eigenvalue weighted by Crippen LogP contribution is -2.32. The fourth-order valence-electron chi connectivity index (χ4n) is 2.12. The molecule has 0 fully saturated rings. The van der Waals surface area contributed by atoms with Crippen molar-refractivity contribution in [3.05, 3.63) is 69.0 Å². The number of thiazole rings is 1. The summed E-state index contributed by atoms with van der Waals surface area (Å²) in [6.45, 7) is -0.183. The van der Waals surface area contributed by atoms with E-state index in [2.05, 4.69) is 15.6 Å². The van der Waals surface area contributed by atoms with Crippen LogP contribution in [0, 0.1) is 0 Å². The highest BCUT2D eigenvalue weighted by molar-refractivity contribution is 7.15. The molecule has 2 heterocycles. The quantitative estimate of drug-likeness (QED) is 0.644. The maximum Gasteiger partial charge on any atom is 0.287 e. The van der Waals surface area contributed by atoms with E-state index in [1.807, 2.05) is 6.07 Å². The summed E-state index contributed by atoms with van der Waals surface area (Å²) in [4.78, 5) is 28.7. The number of carbonyl (C=O) groups excluding carboxylic acids is 2. The highest BCUT2D eigenvalue weighted by Gasteiger charge is 2.12. The van der Waals surface area contributed by atoms with Crippen molar-refractivity contribution in [1.29, 1.82) is 0 Å². The standard InChI is InChI=1S/C17H13Cl2N3O3S/c18-11-4-3-10(13(19)7-11)6-12-8-21-17(26-12)22-15(23)9-20-16(24)14-2-1-5-25-14/h1-5,7-8H,6,9H2,(H,20,24)(H,21,22,23). The van der Waals surface area contributed by atoms with Gasteiger partial charge in [0.25, 0.3) is 5.91 Å². The maximum atomic E-state index is 11.9. The number of nitrogens with one attached hydrogen (secondary N) is 2. The van der Waals surface area contributed by atoms with Gasteiger partial charge in [0.15, 0.2) is 10.9 Å². The number of halogens is 2. The Kier molecular flexibility index (Phi) is 5.92. The van der Waals surface area contributed by atoms with Crippen LogP contribution in [-0.4, -0.2) is 23.3 Å². The summed E-state index contributed by atoms with van der Waals surface area (Å²) in [5.41, 5.74) is 0.920. The largest absolute Gasteiger partial charge is 0.459 e. The first-order valence-electron chi connectivity index (χ1n) is 7.51. The van der Waals surface area contributed by atoms with Gasteiger partial charge in [0.2, 0.25) is 5.91 Å². The lowest BCUT2D eigenvalue weighted by atomic mass is 10.1. The van der Waals surface area contributed by atoms with Gasteiger partial charge in [-0.1, -0.05) is 29.3 Å². The van der Waals surface area contributed by atoms with Crippen LogP contribution in [0.4, 0.5) is 5.13 Å². The SMILES string of the molecule is O=C(CNC(=O)c1ccco1)Nc1ncc(Cc2ccc(Cl)cc2Cl)s1. The fourth-order valence-corrected chi connectivity index (χ4v) is 3.45. The Morgan fingerprint density at radius 3 is 2.81 bits per heavy atom. The molecule has 6 nitrogen and oxygen atoms in total. The second-order valence-electron chi connectivity index (χ2n) is 5.25. The molecule has 0 radical (unpaired) electrons. The van der Waals surface area contributed by atoms with Gasteiger partial charge >= 0.3 is 0 Å². The molecular weight excluding hydrogens is 397 g/mol. The predicted octanol–water partition coefficient (Wildman–Crippen LogP) is 4.00. The third kappa shape index (κ3) is 4.85.